The molecule has 0 saturated heterocycles. The van der Waals surface area contributed by atoms with Crippen molar-refractivity contribution in [3.63, 3.8) is 0 Å². The predicted molar refractivity (Wildman–Crippen MR) is 71.1 cm³/mol. The van der Waals surface area contributed by atoms with E-state index in [2.05, 4.69) is 32.1 Å². The van der Waals surface area contributed by atoms with E-state index in [0.717, 1.165) is 6.42 Å². The Labute approximate surface area is 97.6 Å². The van der Waals surface area contributed by atoms with Gasteiger partial charge in [0.05, 0.1) is 11.0 Å². The summed E-state index contributed by atoms with van der Waals surface area (Å²) in [6, 6.07) is 0.802. The van der Waals surface area contributed by atoms with E-state index in [0.29, 0.717) is 11.0 Å². The van der Waals surface area contributed by atoms with E-state index < -0.39 is 0 Å². The van der Waals surface area contributed by atoms with Crippen LogP contribution < -0.4 is 5.73 Å². The number of thioether (sulfide) groups is 1. The molecule has 0 amide bonds. The lowest BCUT2D eigenvalue weighted by atomic mass is 10.1. The minimum absolute atomic E-state index is 0.252. The second-order valence-electron chi connectivity index (χ2n) is 3.62. The topological polar surface area (TPSA) is 29.3 Å². The minimum atomic E-state index is 0.252. The smallest absolute Gasteiger partial charge is 0.0901 e. The van der Waals surface area contributed by atoms with Gasteiger partial charge in [0.15, 0.2) is 0 Å². The van der Waals surface area contributed by atoms with E-state index in [1.165, 1.54) is 12.2 Å². The van der Waals surface area contributed by atoms with Crippen molar-refractivity contribution in [2.45, 2.75) is 38.8 Å². The van der Waals surface area contributed by atoms with E-state index in [9.17, 15) is 0 Å². The molecule has 84 valence electrons. The maximum atomic E-state index is 5.70. The molecule has 0 aliphatic carbocycles. The molecule has 4 heteroatoms. The summed E-state index contributed by atoms with van der Waals surface area (Å²) in [7, 11) is 2.11. The van der Waals surface area contributed by atoms with E-state index in [1.807, 2.05) is 11.8 Å². The number of thiocarbonyl (C=S) groups is 1. The predicted octanol–water partition coefficient (Wildman–Crippen LogP) is 2.12. The summed E-state index contributed by atoms with van der Waals surface area (Å²) in [6.45, 7) is 4.36. The van der Waals surface area contributed by atoms with Crippen LogP contribution in [0, 0.1) is 0 Å². The molecule has 2 N–H and O–H groups in total. The van der Waals surface area contributed by atoms with Crippen LogP contribution in [0.2, 0.25) is 0 Å². The van der Waals surface area contributed by atoms with E-state index in [1.54, 1.807) is 0 Å². The Hall–Kier alpha value is 0.200. The fourth-order valence-electron chi connectivity index (χ4n) is 1.49. The summed E-state index contributed by atoms with van der Waals surface area (Å²) in [5.41, 5.74) is 5.70. The van der Waals surface area contributed by atoms with Crippen molar-refractivity contribution in [1.29, 1.82) is 0 Å². The third kappa shape index (κ3) is 4.62. The van der Waals surface area contributed by atoms with Crippen LogP contribution in [-0.2, 0) is 0 Å². The van der Waals surface area contributed by atoms with Crippen LogP contribution >= 0.6 is 24.0 Å². The van der Waals surface area contributed by atoms with Crippen molar-refractivity contribution in [3.8, 4) is 0 Å². The Balaban J connectivity index is 4.12. The van der Waals surface area contributed by atoms with Crippen LogP contribution in [0.15, 0.2) is 0 Å². The van der Waals surface area contributed by atoms with Crippen LogP contribution in [-0.4, -0.2) is 41.0 Å². The first-order valence-corrected chi connectivity index (χ1v) is 6.85. The van der Waals surface area contributed by atoms with Crippen molar-refractivity contribution in [1.82, 2.24) is 4.90 Å². The highest BCUT2D eigenvalue weighted by atomic mass is 32.2. The quantitative estimate of drug-likeness (QED) is 0.683. The molecule has 0 aromatic heterocycles. The zero-order valence-electron chi connectivity index (χ0n) is 9.62. The molecule has 0 spiro atoms. The van der Waals surface area contributed by atoms with Gasteiger partial charge in [0.1, 0.15) is 0 Å². The van der Waals surface area contributed by atoms with Crippen LogP contribution in [0.4, 0.5) is 0 Å². The third-order valence-electron chi connectivity index (χ3n) is 2.64. The monoisotopic (exact) mass is 234 g/mol. The van der Waals surface area contributed by atoms with Crippen molar-refractivity contribution in [3.05, 3.63) is 0 Å². The first-order valence-electron chi connectivity index (χ1n) is 5.04. The summed E-state index contributed by atoms with van der Waals surface area (Å²) >= 11 is 6.94. The number of hydrogen-bond donors (Lipinski definition) is 1. The lowest BCUT2D eigenvalue weighted by Crippen LogP contribution is -2.45. The minimum Gasteiger partial charge on any atom is -0.392 e. The van der Waals surface area contributed by atoms with Crippen molar-refractivity contribution >= 4 is 29.0 Å². The zero-order valence-corrected chi connectivity index (χ0v) is 11.3. The fourth-order valence-corrected chi connectivity index (χ4v) is 2.40. The largest absolute Gasteiger partial charge is 0.392 e. The summed E-state index contributed by atoms with van der Waals surface area (Å²) < 4.78 is 0. The average molecular weight is 234 g/mol. The van der Waals surface area contributed by atoms with Gasteiger partial charge in [0, 0.05) is 6.04 Å². The average Bonchev–Trinajstić information content (AvgIpc) is 2.14. The van der Waals surface area contributed by atoms with Gasteiger partial charge in [-0.1, -0.05) is 19.1 Å². The Kier molecular flexibility index (Phi) is 7.59. The number of hydrogen-bond acceptors (Lipinski definition) is 3. The Morgan fingerprint density at radius 3 is 2.50 bits per heavy atom. The maximum Gasteiger partial charge on any atom is 0.0901 e. The summed E-state index contributed by atoms with van der Waals surface area (Å²) in [6.07, 6.45) is 4.32. The SMILES string of the molecule is CCC(C(N)=S)N(C)C(C)CCSC. The molecule has 0 aromatic rings. The van der Waals surface area contributed by atoms with Crippen LogP contribution in [0.25, 0.3) is 0 Å². The standard InChI is InChI=1S/C10H22N2S2/c1-5-9(10(11)13)12(3)8(2)6-7-14-4/h8-9H,5-7H2,1-4H3,(H2,11,13). The van der Waals surface area contributed by atoms with Crippen molar-refractivity contribution < 1.29 is 0 Å². The number of rotatable bonds is 7. The van der Waals surface area contributed by atoms with Gasteiger partial charge in [-0.15, -0.1) is 0 Å². The van der Waals surface area contributed by atoms with Gasteiger partial charge >= 0.3 is 0 Å². The molecule has 2 nitrogen and oxygen atoms in total. The lowest BCUT2D eigenvalue weighted by molar-refractivity contribution is 0.219. The third-order valence-corrected chi connectivity index (χ3v) is 3.56. The molecule has 0 aliphatic heterocycles. The molecule has 0 aromatic carbocycles. The summed E-state index contributed by atoms with van der Waals surface area (Å²) in [4.78, 5) is 2.91. The van der Waals surface area contributed by atoms with Gasteiger partial charge in [-0.3, -0.25) is 4.90 Å². The highest BCUT2D eigenvalue weighted by Gasteiger charge is 2.19. The number of likely N-dealkylation sites (N-methyl/N-ethyl adjacent to an activating group) is 1. The molecule has 2 unspecified atom stereocenters. The Bertz CT molecular complexity index is 174. The lowest BCUT2D eigenvalue weighted by Gasteiger charge is -2.31. The van der Waals surface area contributed by atoms with Crippen LogP contribution in [0.1, 0.15) is 26.7 Å². The van der Waals surface area contributed by atoms with Gasteiger partial charge < -0.3 is 5.73 Å². The Morgan fingerprint density at radius 2 is 2.14 bits per heavy atom. The van der Waals surface area contributed by atoms with Gasteiger partial charge in [-0.25, -0.2) is 0 Å². The molecule has 0 heterocycles. The van der Waals surface area contributed by atoms with Crippen LogP contribution in [0.3, 0.4) is 0 Å². The van der Waals surface area contributed by atoms with Gasteiger partial charge in [0.25, 0.3) is 0 Å². The molecule has 0 fully saturated rings. The molecule has 0 aliphatic rings. The van der Waals surface area contributed by atoms with Gasteiger partial charge in [-0.2, -0.15) is 11.8 Å². The zero-order chi connectivity index (χ0) is 11.1. The molecule has 0 radical (unpaired) electrons. The van der Waals surface area contributed by atoms with Crippen molar-refractivity contribution in [2.75, 3.05) is 19.1 Å². The molecular formula is C10H22N2S2. The maximum absolute atomic E-state index is 5.70. The molecule has 14 heavy (non-hydrogen) atoms. The second-order valence-corrected chi connectivity index (χ2v) is 5.08. The first kappa shape index (κ1) is 14.2. The second kappa shape index (κ2) is 7.49. The molecular weight excluding hydrogens is 212 g/mol. The van der Waals surface area contributed by atoms with Crippen LogP contribution in [0.5, 0.6) is 0 Å². The molecule has 0 saturated carbocycles. The fraction of sp³-hybridized carbons (Fsp3) is 0.900. The van der Waals surface area contributed by atoms with E-state index in [-0.39, 0.29) is 6.04 Å². The van der Waals surface area contributed by atoms with E-state index in [4.69, 9.17) is 18.0 Å². The highest BCUT2D eigenvalue weighted by Crippen LogP contribution is 2.11. The Morgan fingerprint density at radius 1 is 1.57 bits per heavy atom. The van der Waals surface area contributed by atoms with Gasteiger partial charge in [-0.05, 0) is 38.8 Å². The molecule has 0 rings (SSSR count). The number of nitrogens with two attached hydrogens (primary N) is 1. The van der Waals surface area contributed by atoms with Crippen molar-refractivity contribution in [2.24, 2.45) is 5.73 Å². The van der Waals surface area contributed by atoms with Gasteiger partial charge in [0.2, 0.25) is 0 Å². The molecule has 2 atom stereocenters. The first-order chi connectivity index (χ1) is 6.54. The highest BCUT2D eigenvalue weighted by molar-refractivity contribution is 7.98. The summed E-state index contributed by atoms with van der Waals surface area (Å²) in [5, 5.41) is 0. The number of nitrogens with zero attached hydrogens (tertiary/aromatic N) is 1. The summed E-state index contributed by atoms with van der Waals surface area (Å²) in [5.74, 6) is 1.19. The molecule has 0 bridgehead atoms. The normalized spacial score (nSPS) is 15.5. The van der Waals surface area contributed by atoms with E-state index >= 15 is 0 Å².